The Hall–Kier alpha value is -4.16. The molecule has 3 rings (SSSR count). The van der Waals surface area contributed by atoms with E-state index in [4.69, 9.17) is 4.74 Å². The molecule has 0 heterocycles. The minimum absolute atomic E-state index is 0.0181. The van der Waals surface area contributed by atoms with Crippen molar-refractivity contribution in [2.75, 3.05) is 0 Å². The molecule has 40 heavy (non-hydrogen) atoms. The summed E-state index contributed by atoms with van der Waals surface area (Å²) in [4.78, 5) is 24.5. The Morgan fingerprint density at radius 3 is 2.20 bits per heavy atom. The van der Waals surface area contributed by atoms with Crippen LogP contribution in [-0.4, -0.2) is 39.1 Å². The van der Waals surface area contributed by atoms with Crippen molar-refractivity contribution in [2.45, 2.75) is 52.7 Å². The van der Waals surface area contributed by atoms with Crippen LogP contribution in [0.5, 0.6) is 11.5 Å². The molecule has 4 atom stereocenters. The van der Waals surface area contributed by atoms with Gasteiger partial charge >= 0.3 is 0 Å². The Bertz CT molecular complexity index is 1320. The summed E-state index contributed by atoms with van der Waals surface area (Å²) in [6.45, 7) is 7.72. The molecule has 0 bridgehead atoms. The highest BCUT2D eigenvalue weighted by Gasteiger charge is 2.34. The molecule has 6 heteroatoms. The second kappa shape index (κ2) is 14.3. The molecule has 0 spiro atoms. The second-order valence-corrected chi connectivity index (χ2v) is 10.6. The topological polar surface area (TPSA) is 104 Å². The van der Waals surface area contributed by atoms with Gasteiger partial charge in [-0.15, -0.1) is 0 Å². The zero-order valence-corrected chi connectivity index (χ0v) is 23.5. The Morgan fingerprint density at radius 2 is 1.57 bits per heavy atom. The van der Waals surface area contributed by atoms with E-state index in [9.17, 15) is 24.9 Å². The highest BCUT2D eigenvalue weighted by atomic mass is 16.5. The lowest BCUT2D eigenvalue weighted by Crippen LogP contribution is -2.38. The van der Waals surface area contributed by atoms with Crippen molar-refractivity contribution in [3.05, 3.63) is 107 Å². The molecule has 0 amide bonds. The first-order chi connectivity index (χ1) is 19.0. The molecule has 4 unspecified atom stereocenters. The van der Waals surface area contributed by atoms with Crippen LogP contribution in [0.15, 0.2) is 95.8 Å². The second-order valence-electron chi connectivity index (χ2n) is 10.6. The standard InChI is InChI=1S/C34H38O6/c1-22(2)17-30(38)18-23(3)32-21-33(39)24(4)19-34(32)40-31-15-9-26(10-16-31)8-14-29(37)20-28(36)13-7-25-5-11-27(35)12-6-25/h5-17,19-20,23,32-35,37,39H,18,21H2,1-4H3. The zero-order chi connectivity index (χ0) is 29.2. The number of phenolic OH excluding ortho intramolecular Hbond substituents is 1. The third-order valence-corrected chi connectivity index (χ3v) is 6.80. The molecule has 0 saturated heterocycles. The highest BCUT2D eigenvalue weighted by molar-refractivity contribution is 6.02. The number of ketones is 2. The van der Waals surface area contributed by atoms with Crippen LogP contribution in [0.3, 0.4) is 0 Å². The third-order valence-electron chi connectivity index (χ3n) is 6.80. The van der Waals surface area contributed by atoms with Crippen molar-refractivity contribution in [1.29, 1.82) is 0 Å². The normalized spacial score (nSPS) is 20.3. The lowest BCUT2D eigenvalue weighted by atomic mass is 9.76. The number of hydrogen-bond donors (Lipinski definition) is 3. The number of hydrogen-bond acceptors (Lipinski definition) is 6. The summed E-state index contributed by atoms with van der Waals surface area (Å²) in [5.41, 5.74) is 3.39. The lowest BCUT2D eigenvalue weighted by Gasteiger charge is -2.36. The van der Waals surface area contributed by atoms with Gasteiger partial charge in [-0.3, -0.25) is 9.59 Å². The van der Waals surface area contributed by atoms with Gasteiger partial charge in [-0.25, -0.2) is 0 Å². The fourth-order valence-electron chi connectivity index (χ4n) is 4.60. The summed E-state index contributed by atoms with van der Waals surface area (Å²) in [5, 5.41) is 29.9. The summed E-state index contributed by atoms with van der Waals surface area (Å²) < 4.78 is 6.31. The van der Waals surface area contributed by atoms with E-state index < -0.39 is 6.10 Å². The van der Waals surface area contributed by atoms with Crippen LogP contribution in [0.2, 0.25) is 0 Å². The van der Waals surface area contributed by atoms with Gasteiger partial charge < -0.3 is 20.1 Å². The molecular weight excluding hydrogens is 504 g/mol. The van der Waals surface area contributed by atoms with Crippen molar-refractivity contribution in [2.24, 2.45) is 11.8 Å². The van der Waals surface area contributed by atoms with Gasteiger partial charge in [0.1, 0.15) is 23.4 Å². The minimum atomic E-state index is -0.547. The molecule has 0 saturated carbocycles. The van der Waals surface area contributed by atoms with E-state index in [1.807, 2.05) is 58.0 Å². The summed E-state index contributed by atoms with van der Waals surface area (Å²) >= 11 is 0. The average Bonchev–Trinajstić information content (AvgIpc) is 2.89. The maximum Gasteiger partial charge on any atom is 0.182 e. The molecule has 0 radical (unpaired) electrons. The quantitative estimate of drug-likeness (QED) is 0.125. The van der Waals surface area contributed by atoms with Crippen LogP contribution in [0, 0.1) is 11.8 Å². The maximum atomic E-state index is 12.4. The van der Waals surface area contributed by atoms with E-state index >= 15 is 0 Å². The molecular formula is C34H38O6. The number of carbonyl (C=O) groups is 2. The Morgan fingerprint density at radius 1 is 0.975 bits per heavy atom. The number of aliphatic hydroxyl groups is 2. The van der Waals surface area contributed by atoms with Gasteiger partial charge in [0.05, 0.1) is 6.10 Å². The van der Waals surface area contributed by atoms with Gasteiger partial charge in [0.2, 0.25) is 0 Å². The molecule has 210 valence electrons. The van der Waals surface area contributed by atoms with Gasteiger partial charge in [-0.1, -0.05) is 48.9 Å². The lowest BCUT2D eigenvalue weighted by molar-refractivity contribution is -0.116. The van der Waals surface area contributed by atoms with E-state index in [1.54, 1.807) is 30.4 Å². The first-order valence-corrected chi connectivity index (χ1v) is 13.4. The first kappa shape index (κ1) is 30.4. The van der Waals surface area contributed by atoms with Gasteiger partial charge in [0.25, 0.3) is 0 Å². The smallest absolute Gasteiger partial charge is 0.182 e. The molecule has 0 fully saturated rings. The van der Waals surface area contributed by atoms with Crippen LogP contribution >= 0.6 is 0 Å². The first-order valence-electron chi connectivity index (χ1n) is 13.4. The predicted octanol–water partition coefficient (Wildman–Crippen LogP) is 6.77. The van der Waals surface area contributed by atoms with E-state index in [0.717, 1.165) is 28.3 Å². The maximum absolute atomic E-state index is 12.4. The van der Waals surface area contributed by atoms with Crippen LogP contribution < -0.4 is 4.74 Å². The molecule has 2 aromatic carbocycles. The number of phenols is 1. The van der Waals surface area contributed by atoms with Crippen LogP contribution in [0.25, 0.3) is 12.2 Å². The zero-order valence-electron chi connectivity index (χ0n) is 23.5. The monoisotopic (exact) mass is 542 g/mol. The Kier molecular flexibility index (Phi) is 10.9. The Balaban J connectivity index is 1.62. The number of benzene rings is 2. The summed E-state index contributed by atoms with van der Waals surface area (Å²) in [6, 6.07) is 13.8. The number of rotatable bonds is 11. The molecule has 0 aliphatic heterocycles. The average molecular weight is 543 g/mol. The van der Waals surface area contributed by atoms with Gasteiger partial charge in [0.15, 0.2) is 11.6 Å². The highest BCUT2D eigenvalue weighted by Crippen LogP contribution is 2.34. The molecule has 2 aromatic rings. The predicted molar refractivity (Wildman–Crippen MR) is 159 cm³/mol. The summed E-state index contributed by atoms with van der Waals surface area (Å²) in [7, 11) is 0. The van der Waals surface area contributed by atoms with E-state index in [1.165, 1.54) is 24.3 Å². The van der Waals surface area contributed by atoms with Crippen LogP contribution in [-0.2, 0) is 9.59 Å². The van der Waals surface area contributed by atoms with Gasteiger partial charge in [-0.05, 0) is 98.4 Å². The number of aliphatic hydroxyl groups excluding tert-OH is 2. The molecule has 1 aliphatic rings. The van der Waals surface area contributed by atoms with Crippen molar-refractivity contribution < 1.29 is 29.6 Å². The fourth-order valence-corrected chi connectivity index (χ4v) is 4.60. The van der Waals surface area contributed by atoms with Crippen LogP contribution in [0.1, 0.15) is 51.7 Å². The molecule has 6 nitrogen and oxygen atoms in total. The van der Waals surface area contributed by atoms with Gasteiger partial charge in [-0.2, -0.15) is 0 Å². The summed E-state index contributed by atoms with van der Waals surface area (Å²) in [5.74, 6) is 0.347. The Labute approximate surface area is 236 Å². The van der Waals surface area contributed by atoms with Crippen molar-refractivity contribution in [3.8, 4) is 11.5 Å². The van der Waals surface area contributed by atoms with Crippen LogP contribution in [0.4, 0.5) is 0 Å². The van der Waals surface area contributed by atoms with Crippen molar-refractivity contribution in [1.82, 2.24) is 0 Å². The largest absolute Gasteiger partial charge is 0.508 e. The molecule has 3 N–H and O–H groups in total. The summed E-state index contributed by atoms with van der Waals surface area (Å²) in [6.07, 6.45) is 10.9. The number of ether oxygens (including phenoxy) is 1. The SMILES string of the molecule is CC(C)=CC(=O)CC(C)C1CC(O)C(C)=CC1Oc1ccc(C=CC(O)=CC(=O)C=Cc2ccc(O)cc2)cc1. The number of carbonyl (C=O) groups excluding carboxylic acids is 2. The fraction of sp³-hybridized carbons (Fsp3) is 0.294. The van der Waals surface area contributed by atoms with Gasteiger partial charge in [0, 0.05) is 18.4 Å². The number of aromatic hydroxyl groups is 1. The molecule has 1 aliphatic carbocycles. The molecule has 0 aromatic heterocycles. The van der Waals surface area contributed by atoms with Crippen molar-refractivity contribution in [3.63, 3.8) is 0 Å². The van der Waals surface area contributed by atoms with E-state index in [0.29, 0.717) is 18.6 Å². The third kappa shape index (κ3) is 9.54. The van der Waals surface area contributed by atoms with Crippen molar-refractivity contribution >= 4 is 23.7 Å². The van der Waals surface area contributed by atoms with E-state index in [2.05, 4.69) is 0 Å². The minimum Gasteiger partial charge on any atom is -0.508 e. The van der Waals surface area contributed by atoms with E-state index in [-0.39, 0.29) is 41.0 Å². The number of allylic oxidation sites excluding steroid dienone is 5.